The van der Waals surface area contributed by atoms with Crippen LogP contribution in [0.25, 0.3) is 0 Å². The van der Waals surface area contributed by atoms with Crippen molar-refractivity contribution in [2.75, 3.05) is 32.6 Å². The van der Waals surface area contributed by atoms with Gasteiger partial charge in [-0.1, -0.05) is 0 Å². The monoisotopic (exact) mass is 329 g/mol. The molecule has 1 aromatic carbocycles. The molecule has 2 heterocycles. The van der Waals surface area contributed by atoms with Crippen LogP contribution in [0.15, 0.2) is 41.0 Å². The van der Waals surface area contributed by atoms with Gasteiger partial charge in [0.2, 0.25) is 0 Å². The zero-order valence-corrected chi connectivity index (χ0v) is 13.5. The number of ether oxygens (including phenoxy) is 1. The zero-order valence-electron chi connectivity index (χ0n) is 13.5. The summed E-state index contributed by atoms with van der Waals surface area (Å²) in [5.41, 5.74) is 1.05. The Balaban J connectivity index is 1.68. The molecule has 2 N–H and O–H groups in total. The maximum atomic E-state index is 12.4. The van der Waals surface area contributed by atoms with Crippen molar-refractivity contribution in [1.82, 2.24) is 10.2 Å². The fourth-order valence-electron chi connectivity index (χ4n) is 2.53. The smallest absolute Gasteiger partial charge is 0.262 e. The fourth-order valence-corrected chi connectivity index (χ4v) is 2.53. The Morgan fingerprint density at radius 3 is 2.92 bits per heavy atom. The average molecular weight is 329 g/mol. The van der Waals surface area contributed by atoms with Crippen LogP contribution in [0.5, 0.6) is 5.75 Å². The maximum Gasteiger partial charge on any atom is 0.262 e. The van der Waals surface area contributed by atoms with E-state index in [4.69, 9.17) is 9.15 Å². The van der Waals surface area contributed by atoms with E-state index in [1.165, 1.54) is 0 Å². The highest BCUT2D eigenvalue weighted by atomic mass is 16.5. The Kier molecular flexibility index (Phi) is 4.52. The highest BCUT2D eigenvalue weighted by Crippen LogP contribution is 2.28. The van der Waals surface area contributed by atoms with Crippen molar-refractivity contribution >= 4 is 17.5 Å². The number of carbonyl (C=O) groups excluding carboxylic acids is 2. The van der Waals surface area contributed by atoms with Gasteiger partial charge in [-0.05, 0) is 44.4 Å². The number of hydrogen-bond donors (Lipinski definition) is 2. The Morgan fingerprint density at radius 2 is 2.21 bits per heavy atom. The molecule has 24 heavy (non-hydrogen) atoms. The summed E-state index contributed by atoms with van der Waals surface area (Å²) in [7, 11) is 3.85. The highest BCUT2D eigenvalue weighted by molar-refractivity contribution is 5.98. The number of likely N-dealkylation sites (N-methyl/N-ethyl adjacent to an activating group) is 1. The molecule has 0 radical (unpaired) electrons. The molecule has 2 amide bonds. The molecule has 1 atom stereocenters. The number of furan rings is 1. The molecule has 0 fully saturated rings. The van der Waals surface area contributed by atoms with Gasteiger partial charge in [0.25, 0.3) is 11.8 Å². The summed E-state index contributed by atoms with van der Waals surface area (Å²) in [6.07, 6.45) is 1.61. The van der Waals surface area contributed by atoms with E-state index in [1.807, 2.05) is 31.1 Å². The molecule has 0 unspecified atom stereocenters. The Hall–Kier alpha value is -2.80. The van der Waals surface area contributed by atoms with E-state index in [9.17, 15) is 9.59 Å². The van der Waals surface area contributed by atoms with Crippen LogP contribution in [0.1, 0.15) is 22.2 Å². The molecule has 0 saturated heterocycles. The summed E-state index contributed by atoms with van der Waals surface area (Å²) in [6, 6.07) is 8.59. The van der Waals surface area contributed by atoms with Crippen molar-refractivity contribution in [3.05, 3.63) is 47.9 Å². The van der Waals surface area contributed by atoms with E-state index in [0.29, 0.717) is 23.5 Å². The van der Waals surface area contributed by atoms with Gasteiger partial charge in [0, 0.05) is 12.1 Å². The van der Waals surface area contributed by atoms with E-state index < -0.39 is 0 Å². The standard InChI is InChI=1S/C17H19N3O4/c1-20(2)13(14-4-3-7-23-14)9-18-17(22)11-5-6-12-15(8-11)24-10-16(21)19-12/h3-8,13H,9-10H2,1-2H3,(H,18,22)(H,19,21)/t13-/m0/s1. The molecule has 3 rings (SSSR count). The number of nitrogens with zero attached hydrogens (tertiary/aromatic N) is 1. The van der Waals surface area contributed by atoms with Crippen molar-refractivity contribution < 1.29 is 18.7 Å². The van der Waals surface area contributed by atoms with Gasteiger partial charge in [-0.3, -0.25) is 14.5 Å². The SMILES string of the molecule is CN(C)[C@@H](CNC(=O)c1ccc2c(c1)OCC(=O)N2)c1ccco1. The summed E-state index contributed by atoms with van der Waals surface area (Å²) in [4.78, 5) is 25.6. The lowest BCUT2D eigenvalue weighted by atomic mass is 10.1. The lowest BCUT2D eigenvalue weighted by Crippen LogP contribution is -2.34. The third kappa shape index (κ3) is 3.41. The third-order valence-corrected chi connectivity index (χ3v) is 3.83. The van der Waals surface area contributed by atoms with Gasteiger partial charge in [-0.2, -0.15) is 0 Å². The first-order valence-electron chi connectivity index (χ1n) is 7.59. The van der Waals surface area contributed by atoms with E-state index >= 15 is 0 Å². The first kappa shape index (κ1) is 16.1. The van der Waals surface area contributed by atoms with Crippen LogP contribution >= 0.6 is 0 Å². The maximum absolute atomic E-state index is 12.4. The summed E-state index contributed by atoms with van der Waals surface area (Å²) in [5, 5.41) is 5.60. The van der Waals surface area contributed by atoms with Crippen LogP contribution in [0.2, 0.25) is 0 Å². The van der Waals surface area contributed by atoms with Gasteiger partial charge in [-0.25, -0.2) is 0 Å². The minimum Gasteiger partial charge on any atom is -0.482 e. The molecule has 7 heteroatoms. The van der Waals surface area contributed by atoms with Crippen molar-refractivity contribution in [1.29, 1.82) is 0 Å². The van der Waals surface area contributed by atoms with Crippen LogP contribution < -0.4 is 15.4 Å². The zero-order chi connectivity index (χ0) is 17.1. The molecule has 126 valence electrons. The molecule has 1 aliphatic heterocycles. The number of anilines is 1. The molecular weight excluding hydrogens is 310 g/mol. The lowest BCUT2D eigenvalue weighted by Gasteiger charge is -2.23. The molecule has 2 aromatic rings. The molecular formula is C17H19N3O4. The van der Waals surface area contributed by atoms with Gasteiger partial charge in [-0.15, -0.1) is 0 Å². The van der Waals surface area contributed by atoms with Gasteiger partial charge < -0.3 is 19.8 Å². The Morgan fingerprint density at radius 1 is 1.38 bits per heavy atom. The number of hydrogen-bond acceptors (Lipinski definition) is 5. The molecule has 0 bridgehead atoms. The quantitative estimate of drug-likeness (QED) is 0.871. The second-order valence-electron chi connectivity index (χ2n) is 5.75. The van der Waals surface area contributed by atoms with Gasteiger partial charge >= 0.3 is 0 Å². The Bertz CT molecular complexity index is 740. The summed E-state index contributed by atoms with van der Waals surface area (Å²) < 4.78 is 10.8. The fraction of sp³-hybridized carbons (Fsp3) is 0.294. The van der Waals surface area contributed by atoms with Crippen LogP contribution in [-0.2, 0) is 4.79 Å². The first-order valence-corrected chi connectivity index (χ1v) is 7.59. The summed E-state index contributed by atoms with van der Waals surface area (Å²) in [5.74, 6) is 0.873. The summed E-state index contributed by atoms with van der Waals surface area (Å²) in [6.45, 7) is 0.368. The molecule has 0 saturated carbocycles. The normalized spacial score (nSPS) is 14.5. The number of rotatable bonds is 5. The number of amides is 2. The Labute approximate surface area is 139 Å². The first-order chi connectivity index (χ1) is 11.5. The van der Waals surface area contributed by atoms with Crippen LogP contribution in [-0.4, -0.2) is 44.0 Å². The van der Waals surface area contributed by atoms with Crippen LogP contribution in [0.4, 0.5) is 5.69 Å². The number of fused-ring (bicyclic) bond motifs is 1. The summed E-state index contributed by atoms with van der Waals surface area (Å²) >= 11 is 0. The predicted octanol–water partition coefficient (Wildman–Crippen LogP) is 1.64. The minimum absolute atomic E-state index is 0.0424. The van der Waals surface area contributed by atoms with E-state index in [1.54, 1.807) is 24.5 Å². The minimum atomic E-state index is -0.211. The van der Waals surface area contributed by atoms with Gasteiger partial charge in [0.1, 0.15) is 11.5 Å². The molecule has 0 aliphatic carbocycles. The molecule has 7 nitrogen and oxygen atoms in total. The second kappa shape index (κ2) is 6.76. The molecule has 0 spiro atoms. The number of carbonyl (C=O) groups is 2. The van der Waals surface area contributed by atoms with Crippen molar-refractivity contribution in [3.63, 3.8) is 0 Å². The van der Waals surface area contributed by atoms with Gasteiger partial charge in [0.15, 0.2) is 6.61 Å². The third-order valence-electron chi connectivity index (χ3n) is 3.83. The number of benzene rings is 1. The number of nitrogens with one attached hydrogen (secondary N) is 2. The molecule has 1 aliphatic rings. The predicted molar refractivity (Wildman–Crippen MR) is 88.0 cm³/mol. The highest BCUT2D eigenvalue weighted by Gasteiger charge is 2.20. The van der Waals surface area contributed by atoms with Gasteiger partial charge in [0.05, 0.1) is 18.0 Å². The molecule has 1 aromatic heterocycles. The van der Waals surface area contributed by atoms with Crippen molar-refractivity contribution in [2.24, 2.45) is 0 Å². The largest absolute Gasteiger partial charge is 0.482 e. The van der Waals surface area contributed by atoms with E-state index in [2.05, 4.69) is 10.6 Å². The van der Waals surface area contributed by atoms with Crippen molar-refractivity contribution in [3.8, 4) is 5.75 Å². The average Bonchev–Trinajstić information content (AvgIpc) is 3.08. The second-order valence-corrected chi connectivity index (χ2v) is 5.75. The van der Waals surface area contributed by atoms with Crippen molar-refractivity contribution in [2.45, 2.75) is 6.04 Å². The van der Waals surface area contributed by atoms with E-state index in [-0.39, 0.29) is 24.5 Å². The lowest BCUT2D eigenvalue weighted by molar-refractivity contribution is -0.118. The topological polar surface area (TPSA) is 83.8 Å². The van der Waals surface area contributed by atoms with Crippen LogP contribution in [0.3, 0.4) is 0 Å². The van der Waals surface area contributed by atoms with Crippen LogP contribution in [0, 0.1) is 0 Å². The van der Waals surface area contributed by atoms with E-state index in [0.717, 1.165) is 5.76 Å².